The Hall–Kier alpha value is -3.32. The third kappa shape index (κ3) is 4.15. The van der Waals surface area contributed by atoms with Crippen LogP contribution in [0.4, 0.5) is 5.69 Å². The van der Waals surface area contributed by atoms with E-state index in [1.165, 1.54) is 16.4 Å². The summed E-state index contributed by atoms with van der Waals surface area (Å²) < 4.78 is 2.93. The van der Waals surface area contributed by atoms with E-state index in [0.29, 0.717) is 17.6 Å². The van der Waals surface area contributed by atoms with Crippen molar-refractivity contribution < 1.29 is 4.79 Å². The molecule has 0 aliphatic heterocycles. The molecule has 0 saturated carbocycles. The van der Waals surface area contributed by atoms with E-state index in [2.05, 4.69) is 21.4 Å². The van der Waals surface area contributed by atoms with Gasteiger partial charge in [-0.1, -0.05) is 30.0 Å². The Morgan fingerprint density at radius 2 is 2.04 bits per heavy atom. The van der Waals surface area contributed by atoms with Crippen molar-refractivity contribution in [1.29, 1.82) is 5.26 Å². The molecule has 0 fully saturated rings. The maximum Gasteiger partial charge on any atom is 0.271 e. The molecule has 144 valence electrons. The first kappa shape index (κ1) is 19.4. The zero-order valence-electron chi connectivity index (χ0n) is 15.6. The van der Waals surface area contributed by atoms with E-state index in [1.54, 1.807) is 9.58 Å². The molecule has 2 aromatic heterocycles. The molecule has 1 aromatic carbocycles. The van der Waals surface area contributed by atoms with Crippen LogP contribution < -0.4 is 10.7 Å². The molecular weight excluding hydrogens is 376 g/mol. The average molecular weight is 396 g/mol. The molecule has 0 bridgehead atoms. The van der Waals surface area contributed by atoms with Crippen molar-refractivity contribution in [3.8, 4) is 12.0 Å². The molecule has 1 amide bonds. The predicted octanol–water partition coefficient (Wildman–Crippen LogP) is 1.83. The van der Waals surface area contributed by atoms with E-state index in [1.807, 2.05) is 50.2 Å². The van der Waals surface area contributed by atoms with Gasteiger partial charge in [-0.05, 0) is 32.0 Å². The zero-order chi connectivity index (χ0) is 20.1. The van der Waals surface area contributed by atoms with Gasteiger partial charge in [-0.2, -0.15) is 10.4 Å². The van der Waals surface area contributed by atoms with E-state index in [9.17, 15) is 4.79 Å². The second-order valence-corrected chi connectivity index (χ2v) is 7.01. The summed E-state index contributed by atoms with van der Waals surface area (Å²) in [5, 5.41) is 21.8. The van der Waals surface area contributed by atoms with Gasteiger partial charge in [0.05, 0.1) is 23.9 Å². The zero-order valence-corrected chi connectivity index (χ0v) is 16.4. The molecule has 28 heavy (non-hydrogen) atoms. The number of thioether (sulfide) groups is 1. The summed E-state index contributed by atoms with van der Waals surface area (Å²) in [5.41, 5.74) is 2.48. The van der Waals surface area contributed by atoms with Crippen LogP contribution in [0, 0.1) is 25.2 Å². The highest BCUT2D eigenvalue weighted by Gasteiger charge is 2.19. The summed E-state index contributed by atoms with van der Waals surface area (Å²) in [6.07, 6.45) is 0.250. The van der Waals surface area contributed by atoms with Crippen LogP contribution in [0.2, 0.25) is 0 Å². The minimum absolute atomic E-state index is 0.118. The molecule has 0 aliphatic carbocycles. The Balaban J connectivity index is 1.73. The highest BCUT2D eigenvalue weighted by Crippen LogP contribution is 2.20. The van der Waals surface area contributed by atoms with Crippen LogP contribution >= 0.6 is 11.8 Å². The minimum atomic E-state index is -0.137. The maximum atomic E-state index is 12.7. The fraction of sp³-hybridized carbons (Fsp3) is 0.278. The highest BCUT2D eigenvalue weighted by atomic mass is 32.2. The fourth-order valence-electron chi connectivity index (χ4n) is 2.72. The number of carbonyl (C=O) groups excluding carboxylic acids is 1. The smallest absolute Gasteiger partial charge is 0.271 e. The number of hydrogen-bond acceptors (Lipinski definition) is 7. The number of rotatable bonds is 7. The number of amides is 1. The number of aromatic nitrogens is 5. The molecule has 0 unspecified atom stereocenters. The van der Waals surface area contributed by atoms with Crippen LogP contribution in [0.15, 0.2) is 41.6 Å². The Bertz CT molecular complexity index is 1000. The number of carbonyl (C=O) groups is 1. The van der Waals surface area contributed by atoms with Crippen molar-refractivity contribution in [2.45, 2.75) is 25.4 Å². The lowest BCUT2D eigenvalue weighted by atomic mass is 10.2. The van der Waals surface area contributed by atoms with E-state index in [-0.39, 0.29) is 18.1 Å². The van der Waals surface area contributed by atoms with Gasteiger partial charge in [0.1, 0.15) is 0 Å². The largest absolute Gasteiger partial charge is 0.334 e. The number of nitrogens with zero attached hydrogens (tertiary/aromatic N) is 7. The fourth-order valence-corrected chi connectivity index (χ4v) is 3.44. The van der Waals surface area contributed by atoms with E-state index in [0.717, 1.165) is 17.1 Å². The lowest BCUT2D eigenvalue weighted by molar-refractivity contribution is -0.116. The normalized spacial score (nSPS) is 10.6. The summed E-state index contributed by atoms with van der Waals surface area (Å²) in [4.78, 5) is 14.3. The third-order valence-corrected chi connectivity index (χ3v) is 4.91. The van der Waals surface area contributed by atoms with Gasteiger partial charge in [0.15, 0.2) is 0 Å². The number of hydrogen-bond donors (Lipinski definition) is 1. The van der Waals surface area contributed by atoms with Gasteiger partial charge in [-0.3, -0.25) is 4.79 Å². The molecule has 0 radical (unpaired) electrons. The first-order chi connectivity index (χ1) is 13.5. The monoisotopic (exact) mass is 396 g/mol. The molecule has 0 atom stereocenters. The molecular formula is C18H20N8OS. The first-order valence-corrected chi connectivity index (χ1v) is 9.59. The van der Waals surface area contributed by atoms with E-state index in [4.69, 9.17) is 11.1 Å². The van der Waals surface area contributed by atoms with Crippen LogP contribution in [0.3, 0.4) is 0 Å². The van der Waals surface area contributed by atoms with Gasteiger partial charge in [-0.25, -0.2) is 9.36 Å². The molecule has 0 saturated heterocycles. The SMILES string of the molecule is Cc1cc(C)n(-c2nnc(SCC(=O)N(CCC#N)c3ccccc3)n2N)n1. The lowest BCUT2D eigenvalue weighted by Gasteiger charge is -2.21. The second-order valence-electron chi connectivity index (χ2n) is 6.07. The van der Waals surface area contributed by atoms with Gasteiger partial charge in [-0.15, -0.1) is 10.2 Å². The Morgan fingerprint density at radius 1 is 1.29 bits per heavy atom. The summed E-state index contributed by atoms with van der Waals surface area (Å²) in [5.74, 6) is 6.47. The van der Waals surface area contributed by atoms with E-state index >= 15 is 0 Å². The summed E-state index contributed by atoms with van der Waals surface area (Å²) >= 11 is 1.19. The van der Waals surface area contributed by atoms with Crippen molar-refractivity contribution in [2.24, 2.45) is 0 Å². The number of nitrogen functional groups attached to an aromatic ring is 1. The van der Waals surface area contributed by atoms with Crippen LogP contribution in [-0.4, -0.2) is 42.9 Å². The van der Waals surface area contributed by atoms with Crippen molar-refractivity contribution in [2.75, 3.05) is 23.0 Å². The van der Waals surface area contributed by atoms with Crippen molar-refractivity contribution in [1.82, 2.24) is 24.7 Å². The molecule has 3 rings (SSSR count). The molecule has 10 heteroatoms. The van der Waals surface area contributed by atoms with Crippen LogP contribution in [0.25, 0.3) is 5.95 Å². The van der Waals surface area contributed by atoms with Gasteiger partial charge < -0.3 is 10.7 Å². The topological polar surface area (TPSA) is 119 Å². The van der Waals surface area contributed by atoms with Crippen molar-refractivity contribution >= 4 is 23.4 Å². The molecule has 2 N–H and O–H groups in total. The van der Waals surface area contributed by atoms with Crippen molar-refractivity contribution in [3.63, 3.8) is 0 Å². The van der Waals surface area contributed by atoms with Crippen molar-refractivity contribution in [3.05, 3.63) is 47.8 Å². The van der Waals surface area contributed by atoms with Crippen LogP contribution in [-0.2, 0) is 4.79 Å². The number of nitriles is 1. The summed E-state index contributed by atoms with van der Waals surface area (Å²) in [6, 6.07) is 13.3. The van der Waals surface area contributed by atoms with E-state index < -0.39 is 0 Å². The number of aryl methyl sites for hydroxylation is 2. The molecule has 0 aliphatic rings. The quantitative estimate of drug-likeness (QED) is 0.478. The Morgan fingerprint density at radius 3 is 2.68 bits per heavy atom. The predicted molar refractivity (Wildman–Crippen MR) is 107 cm³/mol. The summed E-state index contributed by atoms with van der Waals surface area (Å²) in [6.45, 7) is 4.11. The lowest BCUT2D eigenvalue weighted by Crippen LogP contribution is -2.33. The van der Waals surface area contributed by atoms with Gasteiger partial charge in [0.25, 0.3) is 5.95 Å². The molecule has 9 nitrogen and oxygen atoms in total. The Kier molecular flexibility index (Phi) is 5.96. The minimum Gasteiger partial charge on any atom is -0.334 e. The molecule has 2 heterocycles. The van der Waals surface area contributed by atoms with Gasteiger partial charge in [0, 0.05) is 17.9 Å². The molecule has 0 spiro atoms. The molecule has 3 aromatic rings. The van der Waals surface area contributed by atoms with Crippen LogP contribution in [0.1, 0.15) is 17.8 Å². The Labute approximate surface area is 166 Å². The number of para-hydroxylation sites is 1. The summed E-state index contributed by atoms with van der Waals surface area (Å²) in [7, 11) is 0. The van der Waals surface area contributed by atoms with Gasteiger partial charge >= 0.3 is 0 Å². The van der Waals surface area contributed by atoms with Gasteiger partial charge in [0.2, 0.25) is 11.1 Å². The number of benzene rings is 1. The number of anilines is 1. The highest BCUT2D eigenvalue weighted by molar-refractivity contribution is 7.99. The number of nitrogens with two attached hydrogens (primary N) is 1. The maximum absolute atomic E-state index is 12.7. The third-order valence-electron chi connectivity index (χ3n) is 3.99. The first-order valence-electron chi connectivity index (χ1n) is 8.60. The van der Waals surface area contributed by atoms with Crippen LogP contribution in [0.5, 0.6) is 0 Å². The second kappa shape index (κ2) is 8.58. The standard InChI is InChI=1S/C18H20N8OS/c1-13-11-14(2)26(23-13)17-21-22-18(25(17)20)28-12-16(27)24(10-6-9-19)15-7-4-3-5-8-15/h3-5,7-8,11H,6,10,12,20H2,1-2H3. The average Bonchev–Trinajstić information content (AvgIpc) is 3.22.